The first kappa shape index (κ1) is 18.1. The lowest BCUT2D eigenvalue weighted by Crippen LogP contribution is -2.43. The van der Waals surface area contributed by atoms with Crippen LogP contribution in [-0.4, -0.2) is 49.0 Å². The fourth-order valence-electron chi connectivity index (χ4n) is 2.34. The van der Waals surface area contributed by atoms with Crippen LogP contribution in [0.25, 0.3) is 0 Å². The van der Waals surface area contributed by atoms with Crippen molar-refractivity contribution in [2.24, 2.45) is 11.8 Å². The Morgan fingerprint density at radius 1 is 1.44 bits per heavy atom. The molecule has 0 spiro atoms. The lowest BCUT2D eigenvalue weighted by Gasteiger charge is -2.33. The summed E-state index contributed by atoms with van der Waals surface area (Å²) in [4.78, 5) is 14.2. The molecule has 1 aliphatic rings. The topological polar surface area (TPSA) is 32.3 Å². The van der Waals surface area contributed by atoms with Gasteiger partial charge >= 0.3 is 0 Å². The molecule has 18 heavy (non-hydrogen) atoms. The molecule has 108 valence electrons. The van der Waals surface area contributed by atoms with Gasteiger partial charge in [-0.15, -0.1) is 12.4 Å². The van der Waals surface area contributed by atoms with Crippen LogP contribution in [0.15, 0.2) is 0 Å². The highest BCUT2D eigenvalue weighted by Crippen LogP contribution is 2.19. The van der Waals surface area contributed by atoms with Crippen LogP contribution in [0.5, 0.6) is 0 Å². The third kappa shape index (κ3) is 5.81. The van der Waals surface area contributed by atoms with Crippen LogP contribution < -0.4 is 5.32 Å². The van der Waals surface area contributed by atoms with Gasteiger partial charge in [-0.2, -0.15) is 11.8 Å². The Balaban J connectivity index is 0.00000289. The molecule has 1 unspecified atom stereocenters. The molecule has 1 aliphatic heterocycles. The van der Waals surface area contributed by atoms with Crippen molar-refractivity contribution in [3.05, 3.63) is 0 Å². The third-order valence-electron chi connectivity index (χ3n) is 3.45. The summed E-state index contributed by atoms with van der Waals surface area (Å²) in [6.45, 7) is 8.25. The van der Waals surface area contributed by atoms with Crippen molar-refractivity contribution in [3.8, 4) is 0 Å². The number of carbonyl (C=O) groups is 1. The number of hydrogen-bond acceptors (Lipinski definition) is 3. The van der Waals surface area contributed by atoms with E-state index >= 15 is 0 Å². The fourth-order valence-corrected chi connectivity index (χ4v) is 2.98. The van der Waals surface area contributed by atoms with Gasteiger partial charge in [-0.3, -0.25) is 4.79 Å². The van der Waals surface area contributed by atoms with Crippen molar-refractivity contribution >= 4 is 30.1 Å². The average Bonchev–Trinajstić information content (AvgIpc) is 2.36. The predicted molar refractivity (Wildman–Crippen MR) is 82.6 cm³/mol. The second-order valence-corrected chi connectivity index (χ2v) is 5.84. The molecule has 0 aromatic heterocycles. The van der Waals surface area contributed by atoms with Crippen molar-refractivity contribution in [1.29, 1.82) is 0 Å². The summed E-state index contributed by atoms with van der Waals surface area (Å²) in [5.41, 5.74) is 0. The molecule has 5 heteroatoms. The zero-order valence-electron chi connectivity index (χ0n) is 11.8. The van der Waals surface area contributed by atoms with Crippen LogP contribution in [0.1, 0.15) is 26.7 Å². The molecule has 1 N–H and O–H groups in total. The maximum atomic E-state index is 12.1. The summed E-state index contributed by atoms with van der Waals surface area (Å²) in [7, 11) is 0. The summed E-state index contributed by atoms with van der Waals surface area (Å²) in [5.74, 6) is 2.22. The van der Waals surface area contributed by atoms with E-state index in [-0.39, 0.29) is 18.3 Å². The molecular weight excluding hydrogens is 268 g/mol. The quantitative estimate of drug-likeness (QED) is 0.815. The highest BCUT2D eigenvalue weighted by Gasteiger charge is 2.25. The van der Waals surface area contributed by atoms with Crippen LogP contribution in [0.2, 0.25) is 0 Å². The van der Waals surface area contributed by atoms with E-state index in [9.17, 15) is 4.79 Å². The number of likely N-dealkylation sites (tertiary alicyclic amines) is 1. The molecule has 0 bridgehead atoms. The van der Waals surface area contributed by atoms with Crippen LogP contribution in [0.3, 0.4) is 0 Å². The Hall–Kier alpha value is 0.0700. The van der Waals surface area contributed by atoms with Gasteiger partial charge in [-0.25, -0.2) is 0 Å². The molecule has 1 atom stereocenters. The molecule has 0 aromatic carbocycles. The van der Waals surface area contributed by atoms with E-state index in [1.807, 2.05) is 6.92 Å². The Labute approximate surface area is 122 Å². The molecule has 1 fully saturated rings. The van der Waals surface area contributed by atoms with Crippen molar-refractivity contribution in [2.45, 2.75) is 26.7 Å². The molecule has 1 saturated heterocycles. The van der Waals surface area contributed by atoms with Gasteiger partial charge < -0.3 is 10.2 Å². The first-order valence-corrected chi connectivity index (χ1v) is 8.06. The van der Waals surface area contributed by atoms with E-state index in [2.05, 4.69) is 23.4 Å². The van der Waals surface area contributed by atoms with E-state index in [0.29, 0.717) is 5.91 Å². The van der Waals surface area contributed by atoms with E-state index in [4.69, 9.17) is 0 Å². The van der Waals surface area contributed by atoms with Gasteiger partial charge in [0.1, 0.15) is 0 Å². The fraction of sp³-hybridized carbons (Fsp3) is 0.923. The summed E-state index contributed by atoms with van der Waals surface area (Å²) >= 11 is 1.76. The SMILES string of the molecule is CCNCC1CCN(C(=O)C(C)CSC)CC1.Cl. The second kappa shape index (κ2) is 9.93. The zero-order chi connectivity index (χ0) is 12.7. The molecular formula is C13H27ClN2OS. The highest BCUT2D eigenvalue weighted by atomic mass is 35.5. The standard InChI is InChI=1S/C13H26N2OS.ClH/c1-4-14-9-12-5-7-15(8-6-12)13(16)11(2)10-17-3;/h11-12,14H,4-10H2,1-3H3;1H. The molecule has 0 aromatic rings. The number of carbonyl (C=O) groups excluding carboxylic acids is 1. The Morgan fingerprint density at radius 2 is 2.06 bits per heavy atom. The molecule has 0 aliphatic carbocycles. The minimum atomic E-state index is 0. The van der Waals surface area contributed by atoms with Crippen LogP contribution in [0, 0.1) is 11.8 Å². The van der Waals surface area contributed by atoms with E-state index in [0.717, 1.165) is 50.7 Å². The zero-order valence-corrected chi connectivity index (χ0v) is 13.4. The molecule has 1 heterocycles. The van der Waals surface area contributed by atoms with Gasteiger partial charge in [0, 0.05) is 24.8 Å². The van der Waals surface area contributed by atoms with Gasteiger partial charge in [0.05, 0.1) is 0 Å². The summed E-state index contributed by atoms with van der Waals surface area (Å²) in [6, 6.07) is 0. The molecule has 0 saturated carbocycles. The van der Waals surface area contributed by atoms with Crippen molar-refractivity contribution in [1.82, 2.24) is 10.2 Å². The Morgan fingerprint density at radius 3 is 2.56 bits per heavy atom. The highest BCUT2D eigenvalue weighted by molar-refractivity contribution is 7.98. The van der Waals surface area contributed by atoms with Crippen LogP contribution in [0.4, 0.5) is 0 Å². The van der Waals surface area contributed by atoms with Gasteiger partial charge in [0.25, 0.3) is 0 Å². The lowest BCUT2D eigenvalue weighted by molar-refractivity contribution is -0.135. The van der Waals surface area contributed by atoms with Crippen LogP contribution >= 0.6 is 24.2 Å². The molecule has 1 rings (SSSR count). The first-order chi connectivity index (χ1) is 8.19. The van der Waals surface area contributed by atoms with Crippen molar-refractivity contribution in [2.75, 3.05) is 38.2 Å². The lowest BCUT2D eigenvalue weighted by atomic mass is 9.96. The molecule has 3 nitrogen and oxygen atoms in total. The third-order valence-corrected chi connectivity index (χ3v) is 4.28. The molecule has 0 radical (unpaired) electrons. The van der Waals surface area contributed by atoms with E-state index < -0.39 is 0 Å². The van der Waals surface area contributed by atoms with Crippen LogP contribution in [-0.2, 0) is 4.79 Å². The summed E-state index contributed by atoms with van der Waals surface area (Å²) in [6.07, 6.45) is 4.38. The summed E-state index contributed by atoms with van der Waals surface area (Å²) < 4.78 is 0. The minimum Gasteiger partial charge on any atom is -0.342 e. The number of amides is 1. The monoisotopic (exact) mass is 294 g/mol. The maximum Gasteiger partial charge on any atom is 0.226 e. The second-order valence-electron chi connectivity index (χ2n) is 4.93. The van der Waals surface area contributed by atoms with Crippen molar-refractivity contribution in [3.63, 3.8) is 0 Å². The van der Waals surface area contributed by atoms with Crippen molar-refractivity contribution < 1.29 is 4.79 Å². The van der Waals surface area contributed by atoms with E-state index in [1.165, 1.54) is 0 Å². The largest absolute Gasteiger partial charge is 0.342 e. The van der Waals surface area contributed by atoms with E-state index in [1.54, 1.807) is 11.8 Å². The maximum absolute atomic E-state index is 12.1. The minimum absolute atomic E-state index is 0. The number of nitrogens with one attached hydrogen (secondary N) is 1. The summed E-state index contributed by atoms with van der Waals surface area (Å²) in [5, 5.41) is 3.40. The number of rotatable bonds is 6. The smallest absolute Gasteiger partial charge is 0.226 e. The van der Waals surface area contributed by atoms with Gasteiger partial charge in [0.15, 0.2) is 0 Å². The van der Waals surface area contributed by atoms with Gasteiger partial charge in [-0.1, -0.05) is 13.8 Å². The Kier molecular flexibility index (Phi) is 9.97. The Bertz CT molecular complexity index is 233. The normalized spacial score (nSPS) is 18.3. The number of hydrogen-bond donors (Lipinski definition) is 1. The van der Waals surface area contributed by atoms with Gasteiger partial charge in [0.2, 0.25) is 5.91 Å². The number of halogens is 1. The number of thioether (sulfide) groups is 1. The first-order valence-electron chi connectivity index (χ1n) is 6.67. The van der Waals surface area contributed by atoms with Gasteiger partial charge in [-0.05, 0) is 38.1 Å². The molecule has 1 amide bonds. The number of piperidine rings is 1. The average molecular weight is 295 g/mol. The predicted octanol–water partition coefficient (Wildman–Crippen LogP) is 2.26. The number of nitrogens with zero attached hydrogens (tertiary/aromatic N) is 1.